The van der Waals surface area contributed by atoms with E-state index in [0.717, 1.165) is 5.56 Å². The van der Waals surface area contributed by atoms with Crippen molar-refractivity contribution < 1.29 is 23.1 Å². The lowest BCUT2D eigenvalue weighted by Gasteiger charge is -2.23. The summed E-state index contributed by atoms with van der Waals surface area (Å²) in [4.78, 5) is 25.2. The van der Waals surface area contributed by atoms with Gasteiger partial charge in [0.2, 0.25) is 10.0 Å². The number of nitrogens with one attached hydrogen (secondary N) is 2. The first-order valence-electron chi connectivity index (χ1n) is 7.91. The molecule has 9 heteroatoms. The Bertz CT molecular complexity index is 762. The van der Waals surface area contributed by atoms with E-state index >= 15 is 0 Å². The van der Waals surface area contributed by atoms with Gasteiger partial charge in [-0.15, -0.1) is 0 Å². The van der Waals surface area contributed by atoms with Gasteiger partial charge in [0, 0.05) is 13.1 Å². The number of urea groups is 1. The lowest BCUT2D eigenvalue weighted by Crippen LogP contribution is -2.41. The summed E-state index contributed by atoms with van der Waals surface area (Å²) in [6.07, 6.45) is 0.417. The summed E-state index contributed by atoms with van der Waals surface area (Å²) in [5.74, 6) is -0.905. The molecule has 1 fully saturated rings. The maximum atomic E-state index is 12.3. The second kappa shape index (κ2) is 7.01. The highest BCUT2D eigenvalue weighted by atomic mass is 32.2. The van der Waals surface area contributed by atoms with E-state index in [4.69, 9.17) is 0 Å². The van der Waals surface area contributed by atoms with Crippen LogP contribution in [0.15, 0.2) is 29.2 Å². The molecule has 2 rings (SSSR count). The Kier molecular flexibility index (Phi) is 5.38. The van der Waals surface area contributed by atoms with Gasteiger partial charge in [0.1, 0.15) is 0 Å². The van der Waals surface area contributed by atoms with Gasteiger partial charge in [-0.3, -0.25) is 4.79 Å². The van der Waals surface area contributed by atoms with Crippen LogP contribution in [-0.2, 0) is 14.8 Å². The first-order valence-corrected chi connectivity index (χ1v) is 9.40. The Morgan fingerprint density at radius 3 is 2.36 bits per heavy atom. The van der Waals surface area contributed by atoms with Gasteiger partial charge in [0.15, 0.2) is 0 Å². The second-order valence-corrected chi connectivity index (χ2v) is 8.37. The number of carboxylic acid groups (broad SMARTS) is 1. The van der Waals surface area contributed by atoms with Crippen LogP contribution < -0.4 is 10.0 Å². The molecule has 1 aliphatic rings. The minimum absolute atomic E-state index is 0.147. The third-order valence-corrected chi connectivity index (χ3v) is 6.01. The van der Waals surface area contributed by atoms with Crippen LogP contribution in [0.4, 0.5) is 4.79 Å². The van der Waals surface area contributed by atoms with E-state index in [2.05, 4.69) is 10.0 Å². The molecular formula is C16H23N3O5S. The number of carbonyl (C=O) groups excluding carboxylic acids is 1. The van der Waals surface area contributed by atoms with Crippen LogP contribution in [0.5, 0.6) is 0 Å². The van der Waals surface area contributed by atoms with Crippen LogP contribution in [-0.4, -0.2) is 50.6 Å². The van der Waals surface area contributed by atoms with Gasteiger partial charge in [-0.05, 0) is 45.0 Å². The fraction of sp³-hybridized carbons (Fsp3) is 0.500. The number of nitrogens with zero attached hydrogens (tertiary/aromatic N) is 1. The summed E-state index contributed by atoms with van der Waals surface area (Å²) in [5, 5.41) is 12.0. The summed E-state index contributed by atoms with van der Waals surface area (Å²) in [5.41, 5.74) is -0.160. The number of aliphatic carboxylic acids is 1. The van der Waals surface area contributed by atoms with E-state index in [1.165, 1.54) is 24.1 Å². The van der Waals surface area contributed by atoms with Crippen molar-refractivity contribution >= 4 is 22.0 Å². The molecule has 1 aromatic rings. The molecule has 25 heavy (non-hydrogen) atoms. The number of carboxylic acids is 1. The largest absolute Gasteiger partial charge is 0.481 e. The smallest absolute Gasteiger partial charge is 0.317 e. The van der Waals surface area contributed by atoms with Crippen molar-refractivity contribution in [1.82, 2.24) is 14.9 Å². The Balaban J connectivity index is 2.01. The quantitative estimate of drug-likeness (QED) is 0.720. The van der Waals surface area contributed by atoms with Crippen molar-refractivity contribution in [3.05, 3.63) is 29.8 Å². The van der Waals surface area contributed by atoms with Crippen LogP contribution in [0.1, 0.15) is 31.9 Å². The van der Waals surface area contributed by atoms with Gasteiger partial charge in [0.25, 0.3) is 0 Å². The topological polar surface area (TPSA) is 116 Å². The Hall–Kier alpha value is -2.13. The number of likely N-dealkylation sites (tertiary alicyclic amines) is 1. The van der Waals surface area contributed by atoms with E-state index in [1.807, 2.05) is 0 Å². The summed E-state index contributed by atoms with van der Waals surface area (Å²) in [6.45, 7) is 3.97. The first kappa shape index (κ1) is 19.2. The number of sulfonamides is 1. The molecule has 1 aromatic carbocycles. The van der Waals surface area contributed by atoms with Crippen LogP contribution in [0.3, 0.4) is 0 Å². The molecule has 2 atom stereocenters. The lowest BCUT2D eigenvalue weighted by atomic mass is 9.90. The summed E-state index contributed by atoms with van der Waals surface area (Å²) >= 11 is 0. The van der Waals surface area contributed by atoms with Gasteiger partial charge >= 0.3 is 12.0 Å². The average molecular weight is 369 g/mol. The molecule has 1 saturated heterocycles. The van der Waals surface area contributed by atoms with Crippen LogP contribution in [0.2, 0.25) is 0 Å². The minimum atomic E-state index is -3.50. The Labute approximate surface area is 147 Å². The van der Waals surface area contributed by atoms with E-state index in [9.17, 15) is 23.1 Å². The molecule has 1 aliphatic heterocycles. The Morgan fingerprint density at radius 1 is 1.28 bits per heavy atom. The second-order valence-electron chi connectivity index (χ2n) is 6.49. The molecule has 0 radical (unpaired) electrons. The lowest BCUT2D eigenvalue weighted by molar-refractivity contribution is -0.147. The summed E-state index contributed by atoms with van der Waals surface area (Å²) < 4.78 is 25.7. The monoisotopic (exact) mass is 369 g/mol. The fourth-order valence-electron chi connectivity index (χ4n) is 2.72. The number of carbonyl (C=O) groups is 2. The van der Waals surface area contributed by atoms with Crippen molar-refractivity contribution in [1.29, 1.82) is 0 Å². The molecule has 2 amide bonds. The van der Waals surface area contributed by atoms with Crippen molar-refractivity contribution in [2.24, 2.45) is 5.41 Å². The molecule has 3 N–H and O–H groups in total. The third kappa shape index (κ3) is 4.10. The molecule has 0 spiro atoms. The highest BCUT2D eigenvalue weighted by molar-refractivity contribution is 7.89. The predicted octanol–water partition coefficient (Wildman–Crippen LogP) is 1.16. The zero-order chi connectivity index (χ0) is 18.8. The first-order chi connectivity index (χ1) is 11.6. The highest BCUT2D eigenvalue weighted by Gasteiger charge is 2.42. The van der Waals surface area contributed by atoms with Gasteiger partial charge < -0.3 is 15.3 Å². The van der Waals surface area contributed by atoms with E-state index < -0.39 is 21.4 Å². The van der Waals surface area contributed by atoms with E-state index in [0.29, 0.717) is 13.0 Å². The third-order valence-electron chi connectivity index (χ3n) is 4.58. The van der Waals surface area contributed by atoms with Crippen molar-refractivity contribution in [3.8, 4) is 0 Å². The molecule has 0 aromatic heterocycles. The van der Waals surface area contributed by atoms with Gasteiger partial charge in [-0.1, -0.05) is 12.1 Å². The predicted molar refractivity (Wildman–Crippen MR) is 91.6 cm³/mol. The van der Waals surface area contributed by atoms with Gasteiger partial charge in [0.05, 0.1) is 16.4 Å². The molecule has 1 heterocycles. The van der Waals surface area contributed by atoms with Gasteiger partial charge in [-0.2, -0.15) is 0 Å². The van der Waals surface area contributed by atoms with Crippen molar-refractivity contribution in [2.45, 2.75) is 31.2 Å². The average Bonchev–Trinajstić information content (AvgIpc) is 2.99. The SMILES string of the molecule is CNS(=O)(=O)c1ccc(C(C)NC(=O)N2CCC(C)(C(=O)O)C2)cc1. The number of hydrogen-bond acceptors (Lipinski definition) is 4. The van der Waals surface area contributed by atoms with Gasteiger partial charge in [-0.25, -0.2) is 17.9 Å². The molecule has 0 bridgehead atoms. The summed E-state index contributed by atoms with van der Waals surface area (Å²) in [6, 6.07) is 5.56. The number of rotatable bonds is 5. The molecule has 138 valence electrons. The normalized spacial score (nSPS) is 21.8. The van der Waals surface area contributed by atoms with E-state index in [1.54, 1.807) is 26.0 Å². The zero-order valence-electron chi connectivity index (χ0n) is 14.4. The Morgan fingerprint density at radius 2 is 1.88 bits per heavy atom. The molecule has 0 saturated carbocycles. The van der Waals surface area contributed by atoms with Crippen LogP contribution in [0.25, 0.3) is 0 Å². The van der Waals surface area contributed by atoms with E-state index in [-0.39, 0.29) is 23.5 Å². The minimum Gasteiger partial charge on any atom is -0.481 e. The fourth-order valence-corrected chi connectivity index (χ4v) is 3.45. The van der Waals surface area contributed by atoms with Crippen molar-refractivity contribution in [3.63, 3.8) is 0 Å². The van der Waals surface area contributed by atoms with Crippen LogP contribution in [0, 0.1) is 5.41 Å². The molecule has 8 nitrogen and oxygen atoms in total. The number of amides is 2. The summed E-state index contributed by atoms with van der Waals surface area (Å²) in [7, 11) is -2.16. The molecule has 2 unspecified atom stereocenters. The maximum absolute atomic E-state index is 12.3. The zero-order valence-corrected chi connectivity index (χ0v) is 15.3. The standard InChI is InChI=1S/C16H23N3O5S/c1-11(12-4-6-13(7-5-12)25(23,24)17-3)18-15(22)19-9-8-16(2,10-19)14(20)21/h4-7,11,17H,8-10H2,1-3H3,(H,18,22)(H,20,21). The highest BCUT2D eigenvalue weighted by Crippen LogP contribution is 2.30. The van der Waals surface area contributed by atoms with Crippen molar-refractivity contribution in [2.75, 3.05) is 20.1 Å². The van der Waals surface area contributed by atoms with Crippen LogP contribution >= 0.6 is 0 Å². The number of hydrogen-bond donors (Lipinski definition) is 3. The molecular weight excluding hydrogens is 346 g/mol. The number of benzene rings is 1. The molecule has 0 aliphatic carbocycles. The maximum Gasteiger partial charge on any atom is 0.317 e.